The fourth-order valence-electron chi connectivity index (χ4n) is 0.916. The Morgan fingerprint density at radius 1 is 1.69 bits per heavy atom. The average Bonchev–Trinajstić information content (AvgIpc) is 2.53. The molecule has 0 fully saturated rings. The molecule has 0 atom stereocenters. The van der Waals surface area contributed by atoms with E-state index in [9.17, 15) is 4.79 Å². The van der Waals surface area contributed by atoms with E-state index in [2.05, 4.69) is 11.9 Å². The van der Waals surface area contributed by atoms with E-state index in [0.29, 0.717) is 0 Å². The van der Waals surface area contributed by atoms with Gasteiger partial charge < -0.3 is 10.1 Å². The second-order valence-electron chi connectivity index (χ2n) is 2.76. The lowest BCUT2D eigenvalue weighted by molar-refractivity contribution is 0.0691. The van der Waals surface area contributed by atoms with Gasteiger partial charge in [-0.3, -0.25) is 0 Å². The number of unbranched alkanes of at least 4 members (excludes halogenated alkanes) is 1. The van der Waals surface area contributed by atoms with Crippen LogP contribution in [0, 0.1) is 0 Å². The summed E-state index contributed by atoms with van der Waals surface area (Å²) in [6.07, 6.45) is 4.07. The normalized spacial score (nSPS) is 10.2. The maximum absolute atomic E-state index is 10.5. The Kier molecular flexibility index (Phi) is 3.89. The van der Waals surface area contributed by atoms with Gasteiger partial charge in [-0.2, -0.15) is 0 Å². The third-order valence-electron chi connectivity index (χ3n) is 1.65. The van der Waals surface area contributed by atoms with E-state index in [1.807, 2.05) is 0 Å². The van der Waals surface area contributed by atoms with E-state index in [0.717, 1.165) is 17.1 Å². The third-order valence-corrected chi connectivity index (χ3v) is 2.72. The second-order valence-corrected chi connectivity index (χ2v) is 3.92. The molecular weight excluding hydrogens is 186 g/mol. The van der Waals surface area contributed by atoms with Crippen molar-refractivity contribution in [1.82, 2.24) is 4.98 Å². The van der Waals surface area contributed by atoms with Gasteiger partial charge in [0.2, 0.25) is 0 Å². The fourth-order valence-corrected chi connectivity index (χ4v) is 1.93. The van der Waals surface area contributed by atoms with Crippen LogP contribution >= 0.6 is 11.8 Å². The first-order valence-corrected chi connectivity index (χ1v) is 5.27. The Morgan fingerprint density at radius 2 is 2.46 bits per heavy atom. The van der Waals surface area contributed by atoms with Crippen LogP contribution in [0.3, 0.4) is 0 Å². The molecule has 0 aliphatic heterocycles. The molecule has 1 heterocycles. The number of rotatable bonds is 5. The van der Waals surface area contributed by atoms with Crippen LogP contribution in [-0.4, -0.2) is 21.8 Å². The lowest BCUT2D eigenvalue weighted by Gasteiger charge is -1.94. The molecule has 2 N–H and O–H groups in total. The molecule has 0 aromatic carbocycles. The van der Waals surface area contributed by atoms with Crippen LogP contribution in [0.2, 0.25) is 0 Å². The molecule has 1 rings (SSSR count). The maximum Gasteiger partial charge on any atom is 0.352 e. The van der Waals surface area contributed by atoms with Gasteiger partial charge in [0.1, 0.15) is 5.69 Å². The molecule has 0 aliphatic carbocycles. The Balaban J connectivity index is 2.44. The highest BCUT2D eigenvalue weighted by Crippen LogP contribution is 2.19. The van der Waals surface area contributed by atoms with Crippen molar-refractivity contribution in [3.8, 4) is 0 Å². The number of thioether (sulfide) groups is 1. The highest BCUT2D eigenvalue weighted by Gasteiger charge is 2.05. The van der Waals surface area contributed by atoms with Crippen molar-refractivity contribution >= 4 is 17.7 Å². The number of carboxylic acid groups (broad SMARTS) is 1. The zero-order chi connectivity index (χ0) is 9.68. The summed E-state index contributed by atoms with van der Waals surface area (Å²) < 4.78 is 0. The predicted octanol–water partition coefficient (Wildman–Crippen LogP) is 2.61. The van der Waals surface area contributed by atoms with E-state index in [4.69, 9.17) is 5.11 Å². The van der Waals surface area contributed by atoms with Crippen molar-refractivity contribution in [1.29, 1.82) is 0 Å². The van der Waals surface area contributed by atoms with Crippen LogP contribution in [0.15, 0.2) is 17.2 Å². The molecule has 1 aromatic heterocycles. The summed E-state index contributed by atoms with van der Waals surface area (Å²) in [4.78, 5) is 14.2. The lowest BCUT2D eigenvalue weighted by atomic mass is 10.4. The van der Waals surface area contributed by atoms with E-state index in [-0.39, 0.29) is 5.69 Å². The molecule has 1 aromatic rings. The number of carbonyl (C=O) groups is 1. The third kappa shape index (κ3) is 3.14. The van der Waals surface area contributed by atoms with Crippen LogP contribution < -0.4 is 0 Å². The Hall–Kier alpha value is -0.900. The molecule has 4 heteroatoms. The average molecular weight is 199 g/mol. The number of H-pyrrole nitrogens is 1. The van der Waals surface area contributed by atoms with Gasteiger partial charge in [-0.05, 0) is 18.2 Å². The summed E-state index contributed by atoms with van der Waals surface area (Å²) in [5.74, 6) is 0.148. The smallest absolute Gasteiger partial charge is 0.352 e. The van der Waals surface area contributed by atoms with Gasteiger partial charge in [0.15, 0.2) is 0 Å². The minimum atomic E-state index is -0.901. The number of aromatic carboxylic acids is 1. The lowest BCUT2D eigenvalue weighted by Crippen LogP contribution is -1.94. The SMILES string of the molecule is CCCCSc1c[nH]c(C(=O)O)c1. The van der Waals surface area contributed by atoms with Gasteiger partial charge in [0.05, 0.1) is 0 Å². The second kappa shape index (κ2) is 4.97. The zero-order valence-corrected chi connectivity index (χ0v) is 8.36. The quantitative estimate of drug-likeness (QED) is 0.566. The van der Waals surface area contributed by atoms with Crippen LogP contribution in [0.5, 0.6) is 0 Å². The first-order valence-electron chi connectivity index (χ1n) is 4.28. The molecule has 13 heavy (non-hydrogen) atoms. The van der Waals surface area contributed by atoms with Gasteiger partial charge in [-0.25, -0.2) is 4.79 Å². The summed E-state index contributed by atoms with van der Waals surface area (Å²) in [5, 5.41) is 8.63. The molecule has 3 nitrogen and oxygen atoms in total. The first-order chi connectivity index (χ1) is 6.24. The van der Waals surface area contributed by atoms with Gasteiger partial charge in [-0.15, -0.1) is 11.8 Å². The van der Waals surface area contributed by atoms with E-state index in [1.165, 1.54) is 6.42 Å². The van der Waals surface area contributed by atoms with Crippen molar-refractivity contribution in [2.45, 2.75) is 24.7 Å². The Labute approximate surface area is 81.5 Å². The number of carboxylic acids is 1. The van der Waals surface area contributed by atoms with E-state index in [1.54, 1.807) is 24.0 Å². The van der Waals surface area contributed by atoms with Gasteiger partial charge >= 0.3 is 5.97 Å². The van der Waals surface area contributed by atoms with Crippen LogP contribution in [0.1, 0.15) is 30.3 Å². The molecule has 0 radical (unpaired) electrons. The molecular formula is C9H13NO2S. The summed E-state index contributed by atoms with van der Waals surface area (Å²) in [7, 11) is 0. The molecule has 72 valence electrons. The summed E-state index contributed by atoms with van der Waals surface area (Å²) in [6.45, 7) is 2.14. The van der Waals surface area contributed by atoms with E-state index < -0.39 is 5.97 Å². The highest BCUT2D eigenvalue weighted by molar-refractivity contribution is 7.99. The molecule has 0 saturated heterocycles. The largest absolute Gasteiger partial charge is 0.477 e. The zero-order valence-electron chi connectivity index (χ0n) is 7.54. The Morgan fingerprint density at radius 3 is 3.00 bits per heavy atom. The predicted molar refractivity (Wildman–Crippen MR) is 53.4 cm³/mol. The number of aromatic nitrogens is 1. The topological polar surface area (TPSA) is 53.1 Å². The number of aromatic amines is 1. The van der Waals surface area contributed by atoms with Crippen molar-refractivity contribution in [2.24, 2.45) is 0 Å². The summed E-state index contributed by atoms with van der Waals surface area (Å²) in [5.41, 5.74) is 0.263. The van der Waals surface area contributed by atoms with Crippen molar-refractivity contribution in [3.05, 3.63) is 18.0 Å². The number of hydrogen-bond acceptors (Lipinski definition) is 2. The number of hydrogen-bond donors (Lipinski definition) is 2. The molecule has 0 spiro atoms. The van der Waals surface area contributed by atoms with Gasteiger partial charge in [0, 0.05) is 11.1 Å². The minimum absolute atomic E-state index is 0.263. The van der Waals surface area contributed by atoms with Crippen LogP contribution in [0.25, 0.3) is 0 Å². The van der Waals surface area contributed by atoms with Crippen molar-refractivity contribution in [3.63, 3.8) is 0 Å². The van der Waals surface area contributed by atoms with Crippen molar-refractivity contribution < 1.29 is 9.90 Å². The number of nitrogens with one attached hydrogen (secondary N) is 1. The van der Waals surface area contributed by atoms with Gasteiger partial charge in [0.25, 0.3) is 0 Å². The van der Waals surface area contributed by atoms with E-state index >= 15 is 0 Å². The minimum Gasteiger partial charge on any atom is -0.477 e. The standard InChI is InChI=1S/C9H13NO2S/c1-2-3-4-13-7-5-8(9(11)12)10-6-7/h5-6,10H,2-4H2,1H3,(H,11,12). The fraction of sp³-hybridized carbons (Fsp3) is 0.444. The Bertz CT molecular complexity index is 283. The highest BCUT2D eigenvalue weighted by atomic mass is 32.2. The van der Waals surface area contributed by atoms with Gasteiger partial charge in [-0.1, -0.05) is 13.3 Å². The molecule has 0 bridgehead atoms. The monoisotopic (exact) mass is 199 g/mol. The van der Waals surface area contributed by atoms with Crippen LogP contribution in [0.4, 0.5) is 0 Å². The maximum atomic E-state index is 10.5. The molecule has 0 amide bonds. The molecule has 0 unspecified atom stereocenters. The first kappa shape index (κ1) is 10.2. The van der Waals surface area contributed by atoms with Crippen molar-refractivity contribution in [2.75, 3.05) is 5.75 Å². The molecule has 0 aliphatic rings. The van der Waals surface area contributed by atoms with Crippen LogP contribution in [-0.2, 0) is 0 Å². The summed E-state index contributed by atoms with van der Waals surface area (Å²) in [6, 6.07) is 1.67. The summed E-state index contributed by atoms with van der Waals surface area (Å²) >= 11 is 1.69. The molecule has 0 saturated carbocycles.